The minimum Gasteiger partial charge on any atom is -0.315 e. The summed E-state index contributed by atoms with van der Waals surface area (Å²) in [6.45, 7) is 0. The minimum absolute atomic E-state index is 0.228. The van der Waals surface area contributed by atoms with Gasteiger partial charge in [0.1, 0.15) is 11.9 Å². The highest BCUT2D eigenvalue weighted by atomic mass is 32.2. The molecular weight excluding hydrogens is 327 g/mol. The molecule has 1 heterocycles. The van der Waals surface area contributed by atoms with Gasteiger partial charge in [0.15, 0.2) is 9.84 Å². The van der Waals surface area contributed by atoms with Crippen LogP contribution in [0.25, 0.3) is 16.9 Å². The fraction of sp³-hybridized carbons (Fsp3) is 0.0556. The van der Waals surface area contributed by atoms with Gasteiger partial charge >= 0.3 is 0 Å². The van der Waals surface area contributed by atoms with Crippen LogP contribution in [0.15, 0.2) is 65.7 Å². The molecule has 4 nitrogen and oxygen atoms in total. The third-order valence-electron chi connectivity index (χ3n) is 3.63. The Labute approximate surface area is 139 Å². The summed E-state index contributed by atoms with van der Waals surface area (Å²) in [6.07, 6.45) is 2.81. The van der Waals surface area contributed by atoms with Crippen LogP contribution in [0.2, 0.25) is 0 Å². The van der Waals surface area contributed by atoms with Crippen LogP contribution in [0, 0.1) is 17.1 Å². The van der Waals surface area contributed by atoms with Crippen molar-refractivity contribution in [2.45, 2.75) is 4.90 Å². The molecule has 1 aromatic heterocycles. The van der Waals surface area contributed by atoms with Gasteiger partial charge in [0, 0.05) is 18.1 Å². The largest absolute Gasteiger partial charge is 0.315 e. The predicted octanol–water partition coefficient (Wildman–Crippen LogP) is 3.56. The maximum Gasteiger partial charge on any atom is 0.175 e. The molecule has 0 radical (unpaired) electrons. The molecule has 0 spiro atoms. The standard InChI is InChI=1S/C18H13FN2O2S/c1-24(22,23)17-8-2-14(3-9-17)18-10-13(11-20)12-21(18)16-6-4-15(19)5-7-16/h2-10,12H,1H3. The Hall–Kier alpha value is -2.91. The van der Waals surface area contributed by atoms with Crippen molar-refractivity contribution in [1.29, 1.82) is 5.26 Å². The first-order valence-corrected chi connectivity index (χ1v) is 8.96. The predicted molar refractivity (Wildman–Crippen MR) is 89.0 cm³/mol. The second kappa shape index (κ2) is 5.95. The highest BCUT2D eigenvalue weighted by Crippen LogP contribution is 2.27. The average Bonchev–Trinajstić information content (AvgIpc) is 2.99. The quantitative estimate of drug-likeness (QED) is 0.732. The molecule has 0 aliphatic carbocycles. The molecule has 0 amide bonds. The van der Waals surface area contributed by atoms with E-state index in [-0.39, 0.29) is 10.7 Å². The van der Waals surface area contributed by atoms with Gasteiger partial charge in [-0.3, -0.25) is 0 Å². The molecule has 0 N–H and O–H groups in total. The average molecular weight is 340 g/mol. The zero-order valence-corrected chi connectivity index (χ0v) is 13.6. The van der Waals surface area contributed by atoms with E-state index in [0.717, 1.165) is 17.5 Å². The van der Waals surface area contributed by atoms with Crippen molar-refractivity contribution in [2.75, 3.05) is 6.26 Å². The Balaban J connectivity index is 2.12. The molecule has 0 saturated heterocycles. The van der Waals surface area contributed by atoms with Gasteiger partial charge in [-0.15, -0.1) is 0 Å². The highest BCUT2D eigenvalue weighted by molar-refractivity contribution is 7.90. The van der Waals surface area contributed by atoms with Gasteiger partial charge in [0.2, 0.25) is 0 Å². The second-order valence-corrected chi connectivity index (χ2v) is 7.38. The van der Waals surface area contributed by atoms with Gasteiger partial charge in [-0.05, 0) is 48.0 Å². The molecule has 0 atom stereocenters. The van der Waals surface area contributed by atoms with Crippen molar-refractivity contribution in [3.05, 3.63) is 72.2 Å². The van der Waals surface area contributed by atoms with Crippen LogP contribution in [0.1, 0.15) is 5.56 Å². The van der Waals surface area contributed by atoms with E-state index in [1.54, 1.807) is 41.1 Å². The fourth-order valence-electron chi connectivity index (χ4n) is 2.43. The number of halogens is 1. The first kappa shape index (κ1) is 16.0. The molecule has 3 aromatic rings. The Morgan fingerprint density at radius 1 is 1.04 bits per heavy atom. The van der Waals surface area contributed by atoms with Gasteiger partial charge in [0.05, 0.1) is 16.2 Å². The van der Waals surface area contributed by atoms with Crippen molar-refractivity contribution in [3.8, 4) is 23.0 Å². The number of hydrogen-bond donors (Lipinski definition) is 0. The summed E-state index contributed by atoms with van der Waals surface area (Å²) in [5.41, 5.74) is 2.65. The lowest BCUT2D eigenvalue weighted by molar-refractivity contribution is 0.602. The third-order valence-corrected chi connectivity index (χ3v) is 4.76. The Bertz CT molecular complexity index is 1030. The van der Waals surface area contributed by atoms with E-state index in [2.05, 4.69) is 6.07 Å². The number of hydrogen-bond acceptors (Lipinski definition) is 3. The molecule has 2 aromatic carbocycles. The van der Waals surface area contributed by atoms with Crippen molar-refractivity contribution in [3.63, 3.8) is 0 Å². The lowest BCUT2D eigenvalue weighted by atomic mass is 10.1. The fourth-order valence-corrected chi connectivity index (χ4v) is 3.06. The van der Waals surface area contributed by atoms with Gasteiger partial charge in [0.25, 0.3) is 0 Å². The molecule has 3 rings (SSSR count). The van der Waals surface area contributed by atoms with Gasteiger partial charge < -0.3 is 4.57 Å². The number of benzene rings is 2. The minimum atomic E-state index is -3.27. The van der Waals surface area contributed by atoms with Crippen LogP contribution in [0.5, 0.6) is 0 Å². The second-order valence-electron chi connectivity index (χ2n) is 5.37. The zero-order valence-electron chi connectivity index (χ0n) is 12.8. The monoisotopic (exact) mass is 340 g/mol. The Morgan fingerprint density at radius 3 is 2.21 bits per heavy atom. The van der Waals surface area contributed by atoms with Crippen LogP contribution in [0.3, 0.4) is 0 Å². The molecule has 0 bridgehead atoms. The van der Waals surface area contributed by atoms with E-state index in [4.69, 9.17) is 5.26 Å². The van der Waals surface area contributed by atoms with Crippen LogP contribution in [0.4, 0.5) is 4.39 Å². The van der Waals surface area contributed by atoms with E-state index in [0.29, 0.717) is 11.3 Å². The summed E-state index contributed by atoms with van der Waals surface area (Å²) in [5.74, 6) is -0.342. The van der Waals surface area contributed by atoms with Crippen LogP contribution < -0.4 is 0 Å². The van der Waals surface area contributed by atoms with Gasteiger partial charge in [-0.25, -0.2) is 12.8 Å². The molecule has 24 heavy (non-hydrogen) atoms. The number of rotatable bonds is 3. The number of nitriles is 1. The van der Waals surface area contributed by atoms with Crippen molar-refractivity contribution < 1.29 is 12.8 Å². The smallest absolute Gasteiger partial charge is 0.175 e. The SMILES string of the molecule is CS(=O)(=O)c1ccc(-c2cc(C#N)cn2-c2ccc(F)cc2)cc1. The van der Waals surface area contributed by atoms with Crippen LogP contribution in [-0.2, 0) is 9.84 Å². The van der Waals surface area contributed by atoms with E-state index < -0.39 is 9.84 Å². The zero-order chi connectivity index (χ0) is 17.3. The number of aromatic nitrogens is 1. The van der Waals surface area contributed by atoms with E-state index in [1.165, 1.54) is 24.3 Å². The van der Waals surface area contributed by atoms with E-state index >= 15 is 0 Å². The third kappa shape index (κ3) is 3.07. The Morgan fingerprint density at radius 2 is 1.67 bits per heavy atom. The van der Waals surface area contributed by atoms with E-state index in [9.17, 15) is 12.8 Å². The summed E-state index contributed by atoms with van der Waals surface area (Å²) >= 11 is 0. The first-order chi connectivity index (χ1) is 11.4. The normalized spacial score (nSPS) is 11.2. The highest BCUT2D eigenvalue weighted by Gasteiger charge is 2.12. The lowest BCUT2D eigenvalue weighted by Gasteiger charge is -2.10. The Kier molecular flexibility index (Phi) is 3.96. The summed E-state index contributed by atoms with van der Waals surface area (Å²) in [6, 6.07) is 16.1. The summed E-state index contributed by atoms with van der Waals surface area (Å²) < 4.78 is 38.0. The number of nitrogens with zero attached hydrogens (tertiary/aromatic N) is 2. The molecule has 0 aliphatic rings. The topological polar surface area (TPSA) is 62.9 Å². The lowest BCUT2D eigenvalue weighted by Crippen LogP contribution is -1.98. The number of sulfone groups is 1. The molecule has 6 heteroatoms. The molecule has 0 aliphatic heterocycles. The van der Waals surface area contributed by atoms with Crippen LogP contribution in [-0.4, -0.2) is 19.2 Å². The van der Waals surface area contributed by atoms with Crippen molar-refractivity contribution in [2.24, 2.45) is 0 Å². The maximum atomic E-state index is 13.1. The molecule has 0 saturated carbocycles. The van der Waals surface area contributed by atoms with Crippen LogP contribution >= 0.6 is 0 Å². The van der Waals surface area contributed by atoms with Crippen molar-refractivity contribution in [1.82, 2.24) is 4.57 Å². The first-order valence-electron chi connectivity index (χ1n) is 7.07. The maximum absolute atomic E-state index is 13.1. The summed E-state index contributed by atoms with van der Waals surface area (Å²) in [7, 11) is -3.27. The molecule has 120 valence electrons. The van der Waals surface area contributed by atoms with Gasteiger partial charge in [-0.1, -0.05) is 12.1 Å². The molecule has 0 fully saturated rings. The molecule has 0 unspecified atom stereocenters. The van der Waals surface area contributed by atoms with Gasteiger partial charge in [-0.2, -0.15) is 5.26 Å². The summed E-state index contributed by atoms with van der Waals surface area (Å²) in [4.78, 5) is 0.228. The van der Waals surface area contributed by atoms with Crippen molar-refractivity contribution >= 4 is 9.84 Å². The summed E-state index contributed by atoms with van der Waals surface area (Å²) in [5, 5.41) is 9.16. The molecular formula is C18H13FN2O2S. The van der Waals surface area contributed by atoms with E-state index in [1.807, 2.05) is 0 Å².